The maximum Gasteiger partial charge on any atom is 0.327 e. The molecule has 0 saturated heterocycles. The average molecular weight is 269 g/mol. The van der Waals surface area contributed by atoms with Crippen LogP contribution in [0.15, 0.2) is 18.2 Å². The Hall–Kier alpha value is -2.18. The van der Waals surface area contributed by atoms with Gasteiger partial charge >= 0.3 is 5.69 Å². The first-order valence-electron chi connectivity index (χ1n) is 5.76. The first-order chi connectivity index (χ1) is 8.88. The van der Waals surface area contributed by atoms with Crippen LogP contribution in [0.4, 0.5) is 15.8 Å². The van der Waals surface area contributed by atoms with Gasteiger partial charge in [-0.15, -0.1) is 0 Å². The smallest absolute Gasteiger partial charge is 0.327 e. The number of anilines is 1. The quantitative estimate of drug-likeness (QED) is 0.602. The Bertz CT molecular complexity index is 491. The van der Waals surface area contributed by atoms with Gasteiger partial charge in [0.05, 0.1) is 11.5 Å². The molecule has 104 valence electrons. The molecule has 0 fully saturated rings. The number of hydrogen-bond donors (Lipinski definition) is 0. The second-order valence-electron chi connectivity index (χ2n) is 4.17. The Balaban J connectivity index is 3.15. The van der Waals surface area contributed by atoms with Crippen molar-refractivity contribution in [3.8, 4) is 0 Å². The van der Waals surface area contributed by atoms with Gasteiger partial charge in [0.15, 0.2) is 0 Å². The van der Waals surface area contributed by atoms with Crippen molar-refractivity contribution in [1.29, 1.82) is 0 Å². The number of nitro benzene ring substituents is 1. The molecule has 0 aliphatic carbocycles. The van der Waals surface area contributed by atoms with Crippen molar-refractivity contribution in [3.05, 3.63) is 34.1 Å². The Kier molecular flexibility index (Phi) is 4.80. The van der Waals surface area contributed by atoms with Gasteiger partial charge < -0.3 is 9.80 Å². The Morgan fingerprint density at radius 1 is 1.42 bits per heavy atom. The van der Waals surface area contributed by atoms with Crippen molar-refractivity contribution in [1.82, 2.24) is 4.90 Å². The molecule has 1 aromatic carbocycles. The number of benzene rings is 1. The molecule has 0 aliphatic rings. The lowest BCUT2D eigenvalue weighted by molar-refractivity contribution is -0.386. The van der Waals surface area contributed by atoms with E-state index in [1.807, 2.05) is 0 Å². The Labute approximate surface area is 110 Å². The molecule has 0 spiro atoms. The van der Waals surface area contributed by atoms with Gasteiger partial charge in [0.1, 0.15) is 5.69 Å². The Morgan fingerprint density at radius 3 is 2.53 bits per heavy atom. The van der Waals surface area contributed by atoms with E-state index >= 15 is 0 Å². The van der Waals surface area contributed by atoms with E-state index in [2.05, 4.69) is 0 Å². The van der Waals surface area contributed by atoms with Crippen molar-refractivity contribution in [2.24, 2.45) is 0 Å². The minimum Gasteiger partial charge on any atom is -0.357 e. The van der Waals surface area contributed by atoms with Crippen molar-refractivity contribution < 1.29 is 14.1 Å². The first-order valence-corrected chi connectivity index (χ1v) is 5.76. The van der Waals surface area contributed by atoms with Crippen LogP contribution in [0, 0.1) is 15.9 Å². The molecule has 0 bridgehead atoms. The van der Waals surface area contributed by atoms with Gasteiger partial charge in [-0.25, -0.2) is 0 Å². The fourth-order valence-corrected chi connectivity index (χ4v) is 1.61. The summed E-state index contributed by atoms with van der Waals surface area (Å²) >= 11 is 0. The molecule has 0 radical (unpaired) electrons. The van der Waals surface area contributed by atoms with E-state index in [1.165, 1.54) is 21.9 Å². The van der Waals surface area contributed by atoms with Crippen molar-refractivity contribution in [2.75, 3.05) is 32.1 Å². The normalized spacial score (nSPS) is 10.1. The molecule has 1 rings (SSSR count). The largest absolute Gasteiger partial charge is 0.357 e. The van der Waals surface area contributed by atoms with Crippen LogP contribution in [0.1, 0.15) is 6.92 Å². The summed E-state index contributed by atoms with van der Waals surface area (Å²) in [5.74, 6) is -1.11. The molecule has 0 aliphatic heterocycles. The summed E-state index contributed by atoms with van der Waals surface area (Å²) in [6, 6.07) is 3.86. The molecule has 6 nitrogen and oxygen atoms in total. The highest BCUT2D eigenvalue weighted by molar-refractivity contribution is 5.82. The predicted molar refractivity (Wildman–Crippen MR) is 69.6 cm³/mol. The fourth-order valence-electron chi connectivity index (χ4n) is 1.61. The van der Waals surface area contributed by atoms with E-state index in [0.29, 0.717) is 6.54 Å². The van der Waals surface area contributed by atoms with E-state index in [9.17, 15) is 19.3 Å². The van der Waals surface area contributed by atoms with Crippen molar-refractivity contribution in [2.45, 2.75) is 6.92 Å². The molecule has 7 heteroatoms. The van der Waals surface area contributed by atoms with Gasteiger partial charge in [0.2, 0.25) is 11.7 Å². The molecule has 0 unspecified atom stereocenters. The van der Waals surface area contributed by atoms with Crippen LogP contribution < -0.4 is 4.90 Å². The highest BCUT2D eigenvalue weighted by Gasteiger charge is 2.24. The molecule has 0 aromatic heterocycles. The summed E-state index contributed by atoms with van der Waals surface area (Å²) in [6.45, 7) is 2.08. The molecule has 19 heavy (non-hydrogen) atoms. The number of amides is 1. The summed E-state index contributed by atoms with van der Waals surface area (Å²) in [5, 5.41) is 10.9. The number of rotatable bonds is 5. The summed E-state index contributed by atoms with van der Waals surface area (Å²) in [7, 11) is 3.19. The zero-order chi connectivity index (χ0) is 14.6. The highest BCUT2D eigenvalue weighted by atomic mass is 19.1. The monoisotopic (exact) mass is 269 g/mol. The van der Waals surface area contributed by atoms with Gasteiger partial charge in [-0.1, -0.05) is 6.07 Å². The standard InChI is InChI=1S/C12H16FN3O3/c1-4-15(8-11(17)14(2)3)10-7-5-6-9(13)12(10)16(18)19/h5-7H,4,8H2,1-3H3. The second-order valence-corrected chi connectivity index (χ2v) is 4.17. The Morgan fingerprint density at radius 2 is 2.05 bits per heavy atom. The number of nitrogens with zero attached hydrogens (tertiary/aromatic N) is 3. The number of hydrogen-bond acceptors (Lipinski definition) is 4. The van der Waals surface area contributed by atoms with Crippen LogP contribution in [0.2, 0.25) is 0 Å². The zero-order valence-electron chi connectivity index (χ0n) is 11.1. The van der Waals surface area contributed by atoms with E-state index in [0.717, 1.165) is 6.07 Å². The molecule has 0 saturated carbocycles. The van der Waals surface area contributed by atoms with Crippen LogP contribution in [0.3, 0.4) is 0 Å². The molecule has 0 atom stereocenters. The van der Waals surface area contributed by atoms with Crippen LogP contribution in [-0.2, 0) is 4.79 Å². The predicted octanol–water partition coefficient (Wildman–Crippen LogP) is 1.65. The molecular weight excluding hydrogens is 253 g/mol. The summed E-state index contributed by atoms with van der Waals surface area (Å²) in [5.41, 5.74) is -0.487. The SMILES string of the molecule is CCN(CC(=O)N(C)C)c1cccc(F)c1[N+](=O)[O-]. The highest BCUT2D eigenvalue weighted by Crippen LogP contribution is 2.30. The van der Waals surface area contributed by atoms with E-state index in [-0.39, 0.29) is 18.1 Å². The number of para-hydroxylation sites is 1. The number of halogens is 1. The van der Waals surface area contributed by atoms with Gasteiger partial charge in [0.25, 0.3) is 0 Å². The van der Waals surface area contributed by atoms with Crippen LogP contribution in [0.25, 0.3) is 0 Å². The summed E-state index contributed by atoms with van der Waals surface area (Å²) in [4.78, 5) is 24.7. The van der Waals surface area contributed by atoms with Gasteiger partial charge in [-0.2, -0.15) is 4.39 Å². The third-order valence-corrected chi connectivity index (χ3v) is 2.70. The van der Waals surface area contributed by atoms with Gasteiger partial charge in [-0.05, 0) is 19.1 Å². The van der Waals surface area contributed by atoms with Crippen LogP contribution in [-0.4, -0.2) is 42.9 Å². The van der Waals surface area contributed by atoms with Gasteiger partial charge in [0, 0.05) is 20.6 Å². The van der Waals surface area contributed by atoms with E-state index in [4.69, 9.17) is 0 Å². The van der Waals surface area contributed by atoms with Crippen LogP contribution in [0.5, 0.6) is 0 Å². The molecule has 1 aromatic rings. The summed E-state index contributed by atoms with van der Waals surface area (Å²) < 4.78 is 13.5. The minimum absolute atomic E-state index is 0.0339. The third-order valence-electron chi connectivity index (χ3n) is 2.70. The molecule has 0 N–H and O–H groups in total. The minimum atomic E-state index is -0.904. The lowest BCUT2D eigenvalue weighted by atomic mass is 10.2. The lowest BCUT2D eigenvalue weighted by Gasteiger charge is -2.23. The maximum atomic E-state index is 13.5. The topological polar surface area (TPSA) is 66.7 Å². The van der Waals surface area contributed by atoms with Gasteiger partial charge in [-0.3, -0.25) is 14.9 Å². The maximum absolute atomic E-state index is 13.5. The average Bonchev–Trinajstić information content (AvgIpc) is 2.34. The number of carbonyl (C=O) groups is 1. The van der Waals surface area contributed by atoms with Crippen molar-refractivity contribution in [3.63, 3.8) is 0 Å². The molecule has 1 amide bonds. The molecular formula is C12H16FN3O3. The summed E-state index contributed by atoms with van der Waals surface area (Å²) in [6.07, 6.45) is 0. The lowest BCUT2D eigenvalue weighted by Crippen LogP contribution is -2.36. The fraction of sp³-hybridized carbons (Fsp3) is 0.417. The first kappa shape index (κ1) is 14.9. The molecule has 0 heterocycles. The van der Waals surface area contributed by atoms with E-state index < -0.39 is 16.4 Å². The number of likely N-dealkylation sites (N-methyl/N-ethyl adjacent to an activating group) is 2. The van der Waals surface area contributed by atoms with E-state index in [1.54, 1.807) is 21.0 Å². The second kappa shape index (κ2) is 6.12. The number of nitro groups is 1. The number of carbonyl (C=O) groups excluding carboxylic acids is 1. The zero-order valence-corrected chi connectivity index (χ0v) is 11.1. The van der Waals surface area contributed by atoms with Crippen molar-refractivity contribution >= 4 is 17.3 Å². The third kappa shape index (κ3) is 3.40. The van der Waals surface area contributed by atoms with Crippen LogP contribution >= 0.6 is 0 Å².